The van der Waals surface area contributed by atoms with Gasteiger partial charge in [-0.2, -0.15) is 0 Å². The molecule has 37 heavy (non-hydrogen) atoms. The number of anilines is 2. The summed E-state index contributed by atoms with van der Waals surface area (Å²) in [5, 5.41) is 17.2. The highest BCUT2D eigenvalue weighted by molar-refractivity contribution is 6.10. The maximum absolute atomic E-state index is 13.7. The van der Waals surface area contributed by atoms with E-state index < -0.39 is 6.04 Å². The van der Waals surface area contributed by atoms with E-state index >= 15 is 0 Å². The second kappa shape index (κ2) is 9.43. The zero-order chi connectivity index (χ0) is 25.4. The van der Waals surface area contributed by atoms with Gasteiger partial charge in [0.25, 0.3) is 0 Å². The van der Waals surface area contributed by atoms with Gasteiger partial charge in [-0.3, -0.25) is 9.59 Å². The van der Waals surface area contributed by atoms with Crippen LogP contribution in [0, 0.1) is 0 Å². The molecule has 0 fully saturated rings. The quantitative estimate of drug-likeness (QED) is 0.283. The standard InChI is InChI=1S/C32H26N2O3/c35-25-13-7-12-22(16-25)31-30-28(18-24(19-29(30)36)20-8-3-1-4-9-20)33-27-17-23(14-15-26(27)34-31)32(37)21-10-5-2-6-11-21/h1-17,24,31,33-35H,18-19H2/t24-,31-/m0/s1. The Morgan fingerprint density at radius 2 is 1.46 bits per heavy atom. The average Bonchev–Trinajstić information content (AvgIpc) is 3.10. The highest BCUT2D eigenvalue weighted by atomic mass is 16.3. The topological polar surface area (TPSA) is 78.4 Å². The zero-order valence-electron chi connectivity index (χ0n) is 20.1. The van der Waals surface area contributed by atoms with Crippen LogP contribution in [0.2, 0.25) is 0 Å². The third-order valence-corrected chi connectivity index (χ3v) is 7.17. The molecule has 5 heteroatoms. The van der Waals surface area contributed by atoms with E-state index in [1.165, 1.54) is 0 Å². The summed E-state index contributed by atoms with van der Waals surface area (Å²) in [6.45, 7) is 0. The number of phenolic OH excluding ortho intramolecular Hbond substituents is 1. The summed E-state index contributed by atoms with van der Waals surface area (Å²) < 4.78 is 0. The van der Waals surface area contributed by atoms with Crippen LogP contribution in [0.1, 0.15) is 51.8 Å². The number of nitrogens with one attached hydrogen (secondary N) is 2. The van der Waals surface area contributed by atoms with Gasteiger partial charge in [-0.1, -0.05) is 72.8 Å². The first-order chi connectivity index (χ1) is 18.1. The minimum absolute atomic E-state index is 0.0560. The first-order valence-corrected chi connectivity index (χ1v) is 12.4. The largest absolute Gasteiger partial charge is 0.508 e. The minimum atomic E-state index is -0.434. The van der Waals surface area contributed by atoms with Gasteiger partial charge in [0.15, 0.2) is 11.6 Å². The van der Waals surface area contributed by atoms with Gasteiger partial charge in [0.1, 0.15) is 5.75 Å². The molecule has 182 valence electrons. The maximum Gasteiger partial charge on any atom is 0.193 e. The van der Waals surface area contributed by atoms with E-state index in [1.807, 2.05) is 66.7 Å². The van der Waals surface area contributed by atoms with Crippen LogP contribution < -0.4 is 10.6 Å². The molecule has 0 saturated carbocycles. The number of aromatic hydroxyl groups is 1. The molecule has 0 spiro atoms. The Hall–Kier alpha value is -4.64. The van der Waals surface area contributed by atoms with Gasteiger partial charge < -0.3 is 15.7 Å². The molecule has 2 aliphatic rings. The van der Waals surface area contributed by atoms with Crippen molar-refractivity contribution in [2.24, 2.45) is 0 Å². The predicted octanol–water partition coefficient (Wildman–Crippen LogP) is 6.60. The number of hydrogen-bond donors (Lipinski definition) is 3. The number of carbonyl (C=O) groups is 2. The van der Waals surface area contributed by atoms with Crippen molar-refractivity contribution in [3.05, 3.63) is 137 Å². The van der Waals surface area contributed by atoms with E-state index in [0.717, 1.165) is 28.2 Å². The second-order valence-electron chi connectivity index (χ2n) is 9.58. The average molecular weight is 487 g/mol. The van der Waals surface area contributed by atoms with Crippen LogP contribution in [0.4, 0.5) is 11.4 Å². The monoisotopic (exact) mass is 486 g/mol. The van der Waals surface area contributed by atoms with Gasteiger partial charge >= 0.3 is 0 Å². The van der Waals surface area contributed by atoms with Crippen LogP contribution in [0.25, 0.3) is 0 Å². The molecule has 4 aromatic carbocycles. The number of Topliss-reactive ketones (excluding diaryl/α,β-unsaturated/α-hetero) is 1. The molecule has 1 aliphatic heterocycles. The number of allylic oxidation sites excluding steroid dienone is 1. The molecule has 6 rings (SSSR count). The van der Waals surface area contributed by atoms with Gasteiger partial charge in [0.2, 0.25) is 0 Å². The normalized spacial score (nSPS) is 18.6. The lowest BCUT2D eigenvalue weighted by Crippen LogP contribution is -2.26. The molecule has 1 aliphatic carbocycles. The Labute approximate surface area is 215 Å². The van der Waals surface area contributed by atoms with Gasteiger partial charge in [-0.25, -0.2) is 0 Å². The van der Waals surface area contributed by atoms with E-state index in [0.29, 0.717) is 29.5 Å². The number of hydrogen-bond acceptors (Lipinski definition) is 5. The van der Waals surface area contributed by atoms with Crippen molar-refractivity contribution in [3.8, 4) is 5.75 Å². The van der Waals surface area contributed by atoms with Gasteiger partial charge in [-0.15, -0.1) is 0 Å². The molecule has 0 amide bonds. The van der Waals surface area contributed by atoms with Crippen molar-refractivity contribution in [1.82, 2.24) is 0 Å². The lowest BCUT2D eigenvalue weighted by atomic mass is 9.78. The number of rotatable bonds is 4. The fourth-order valence-electron chi connectivity index (χ4n) is 5.36. The fraction of sp³-hybridized carbons (Fsp3) is 0.125. The lowest BCUT2D eigenvalue weighted by Gasteiger charge is -2.30. The summed E-state index contributed by atoms with van der Waals surface area (Å²) in [7, 11) is 0. The molecule has 0 unspecified atom stereocenters. The molecule has 1 heterocycles. The van der Waals surface area contributed by atoms with Crippen LogP contribution in [0.5, 0.6) is 5.75 Å². The molecule has 0 bridgehead atoms. The van der Waals surface area contributed by atoms with Crippen molar-refractivity contribution in [1.29, 1.82) is 0 Å². The van der Waals surface area contributed by atoms with Crippen LogP contribution in [-0.4, -0.2) is 16.7 Å². The van der Waals surface area contributed by atoms with E-state index in [1.54, 1.807) is 24.3 Å². The maximum atomic E-state index is 13.7. The van der Waals surface area contributed by atoms with Gasteiger partial charge in [0.05, 0.1) is 17.4 Å². The fourth-order valence-corrected chi connectivity index (χ4v) is 5.36. The molecule has 3 N–H and O–H groups in total. The van der Waals surface area contributed by atoms with E-state index in [2.05, 4.69) is 22.8 Å². The molecule has 0 saturated heterocycles. The highest BCUT2D eigenvalue weighted by Crippen LogP contribution is 2.44. The van der Waals surface area contributed by atoms with Crippen molar-refractivity contribution in [3.63, 3.8) is 0 Å². The molecular formula is C32H26N2O3. The Kier molecular flexibility index (Phi) is 5.81. The number of carbonyl (C=O) groups excluding carboxylic acids is 2. The van der Waals surface area contributed by atoms with Crippen LogP contribution in [-0.2, 0) is 4.79 Å². The summed E-state index contributed by atoms with van der Waals surface area (Å²) >= 11 is 0. The number of benzene rings is 4. The number of ketones is 2. The Morgan fingerprint density at radius 3 is 2.22 bits per heavy atom. The van der Waals surface area contributed by atoms with Crippen LogP contribution in [0.15, 0.2) is 114 Å². The lowest BCUT2D eigenvalue weighted by molar-refractivity contribution is -0.116. The zero-order valence-corrected chi connectivity index (χ0v) is 20.1. The molecule has 4 aromatic rings. The van der Waals surface area contributed by atoms with Gasteiger partial charge in [-0.05, 0) is 53.8 Å². The third kappa shape index (κ3) is 4.40. The van der Waals surface area contributed by atoms with Crippen molar-refractivity contribution < 1.29 is 14.7 Å². The van der Waals surface area contributed by atoms with Crippen molar-refractivity contribution >= 4 is 22.9 Å². The Balaban J connectivity index is 1.44. The van der Waals surface area contributed by atoms with Gasteiger partial charge in [0, 0.05) is 28.8 Å². The second-order valence-corrected chi connectivity index (χ2v) is 9.58. The minimum Gasteiger partial charge on any atom is -0.508 e. The Morgan fingerprint density at radius 1 is 0.730 bits per heavy atom. The third-order valence-electron chi connectivity index (χ3n) is 7.17. The smallest absolute Gasteiger partial charge is 0.193 e. The summed E-state index contributed by atoms with van der Waals surface area (Å²) in [4.78, 5) is 26.9. The van der Waals surface area contributed by atoms with E-state index in [9.17, 15) is 14.7 Å². The van der Waals surface area contributed by atoms with Crippen molar-refractivity contribution in [2.75, 3.05) is 10.6 Å². The number of fused-ring (bicyclic) bond motifs is 1. The molecule has 5 nitrogen and oxygen atoms in total. The van der Waals surface area contributed by atoms with Crippen LogP contribution >= 0.6 is 0 Å². The summed E-state index contributed by atoms with van der Waals surface area (Å²) in [6.07, 6.45) is 1.08. The summed E-state index contributed by atoms with van der Waals surface area (Å²) in [5.41, 5.74) is 6.17. The molecule has 2 atom stereocenters. The summed E-state index contributed by atoms with van der Waals surface area (Å²) in [5.74, 6) is 0.209. The first kappa shape index (κ1) is 22.8. The summed E-state index contributed by atoms with van der Waals surface area (Å²) in [6, 6.07) is 31.4. The van der Waals surface area contributed by atoms with E-state index in [-0.39, 0.29) is 23.2 Å². The van der Waals surface area contributed by atoms with Crippen molar-refractivity contribution in [2.45, 2.75) is 24.8 Å². The molecular weight excluding hydrogens is 460 g/mol. The molecule has 0 aromatic heterocycles. The molecule has 0 radical (unpaired) electrons. The number of phenols is 1. The highest BCUT2D eigenvalue weighted by Gasteiger charge is 2.36. The SMILES string of the molecule is O=C1C[C@@H](c2ccccc2)CC2=C1[C@H](c1cccc(O)c1)Nc1ccc(C(=O)c3ccccc3)cc1N2. The first-order valence-electron chi connectivity index (χ1n) is 12.4. The predicted molar refractivity (Wildman–Crippen MR) is 145 cm³/mol. The van der Waals surface area contributed by atoms with Crippen LogP contribution in [0.3, 0.4) is 0 Å². The Bertz CT molecular complexity index is 1530. The van der Waals surface area contributed by atoms with E-state index in [4.69, 9.17) is 0 Å².